The van der Waals surface area contributed by atoms with Gasteiger partial charge in [-0.15, -0.1) is 5.10 Å². The second kappa shape index (κ2) is 9.05. The molecule has 0 atom stereocenters. The summed E-state index contributed by atoms with van der Waals surface area (Å²) in [6.45, 7) is 2.88. The molecule has 9 heteroatoms. The number of aromatic nitrogens is 3. The summed E-state index contributed by atoms with van der Waals surface area (Å²) < 4.78 is 21.1. The topological polar surface area (TPSA) is 90.2 Å². The van der Waals surface area contributed by atoms with Gasteiger partial charge in [0, 0.05) is 24.8 Å². The zero-order chi connectivity index (χ0) is 20.8. The fourth-order valence-corrected chi connectivity index (χ4v) is 2.74. The van der Waals surface area contributed by atoms with Crippen LogP contribution in [0.3, 0.4) is 0 Å². The molecule has 0 saturated carbocycles. The number of hydrogen-bond donors (Lipinski definition) is 2. The van der Waals surface area contributed by atoms with E-state index < -0.39 is 6.03 Å². The van der Waals surface area contributed by atoms with Gasteiger partial charge in [0.2, 0.25) is 0 Å². The number of benzene rings is 2. The summed E-state index contributed by atoms with van der Waals surface area (Å²) in [4.78, 5) is 24.4. The molecule has 1 heterocycles. The van der Waals surface area contributed by atoms with Crippen LogP contribution in [-0.2, 0) is 13.6 Å². The number of carbonyl (C=O) groups excluding carboxylic acids is 1. The summed E-state index contributed by atoms with van der Waals surface area (Å²) in [6.07, 6.45) is 0. The fraction of sp³-hybridized carbons (Fsp3) is 0.250. The molecule has 152 valence electrons. The van der Waals surface area contributed by atoms with Crippen molar-refractivity contribution in [3.8, 4) is 17.1 Å². The number of hydrogen-bond acceptors (Lipinski definition) is 4. The largest absolute Gasteiger partial charge is 0.494 e. The molecule has 2 aromatic carbocycles. The van der Waals surface area contributed by atoms with E-state index in [1.165, 1.54) is 21.4 Å². The number of carbonyl (C=O) groups is 1. The Morgan fingerprint density at radius 3 is 2.48 bits per heavy atom. The van der Waals surface area contributed by atoms with Crippen LogP contribution in [-0.4, -0.2) is 33.5 Å². The first-order valence-electron chi connectivity index (χ1n) is 9.15. The van der Waals surface area contributed by atoms with E-state index in [1.807, 2.05) is 6.92 Å². The average molecular weight is 399 g/mol. The summed E-state index contributed by atoms with van der Waals surface area (Å²) in [7, 11) is 1.59. The average Bonchev–Trinajstić information content (AvgIpc) is 2.99. The molecule has 0 radical (unpaired) electrons. The summed E-state index contributed by atoms with van der Waals surface area (Å²) in [5, 5.41) is 9.66. The van der Waals surface area contributed by atoms with Gasteiger partial charge in [-0.3, -0.25) is 4.57 Å². The van der Waals surface area contributed by atoms with Gasteiger partial charge in [-0.2, -0.15) is 0 Å². The highest BCUT2D eigenvalue weighted by molar-refractivity contribution is 5.89. The molecule has 0 unspecified atom stereocenters. The van der Waals surface area contributed by atoms with Crippen molar-refractivity contribution in [3.63, 3.8) is 0 Å². The van der Waals surface area contributed by atoms with Gasteiger partial charge in [-0.05, 0) is 55.5 Å². The third-order valence-corrected chi connectivity index (χ3v) is 4.18. The molecule has 0 aliphatic rings. The number of nitrogens with one attached hydrogen (secondary N) is 2. The Balaban J connectivity index is 1.56. The summed E-state index contributed by atoms with van der Waals surface area (Å²) >= 11 is 0. The number of urea groups is 1. The van der Waals surface area contributed by atoms with Crippen LogP contribution in [0, 0.1) is 5.82 Å². The standard InChI is InChI=1S/C20H22FN5O3/c1-3-29-17-10-8-16(9-11-17)23-19(27)22-12-13-26-20(28)25(2)18(24-26)14-4-6-15(21)7-5-14/h4-11H,3,12-13H2,1-2H3,(H2,22,23,27). The van der Waals surface area contributed by atoms with Crippen molar-refractivity contribution in [3.05, 3.63) is 64.8 Å². The van der Waals surface area contributed by atoms with Crippen LogP contribution in [0.5, 0.6) is 5.75 Å². The van der Waals surface area contributed by atoms with E-state index in [1.54, 1.807) is 43.4 Å². The first-order chi connectivity index (χ1) is 14.0. The smallest absolute Gasteiger partial charge is 0.345 e. The van der Waals surface area contributed by atoms with Gasteiger partial charge in [-0.25, -0.2) is 18.7 Å². The molecular weight excluding hydrogens is 377 g/mol. The van der Waals surface area contributed by atoms with Crippen LogP contribution in [0.1, 0.15) is 6.92 Å². The lowest BCUT2D eigenvalue weighted by Gasteiger charge is -2.08. The van der Waals surface area contributed by atoms with Gasteiger partial charge in [0.05, 0.1) is 13.2 Å². The Kier molecular flexibility index (Phi) is 6.28. The van der Waals surface area contributed by atoms with Crippen LogP contribution >= 0.6 is 0 Å². The minimum Gasteiger partial charge on any atom is -0.494 e. The van der Waals surface area contributed by atoms with E-state index in [0.717, 1.165) is 5.75 Å². The Morgan fingerprint density at radius 2 is 1.83 bits per heavy atom. The highest BCUT2D eigenvalue weighted by Crippen LogP contribution is 2.16. The lowest BCUT2D eigenvalue weighted by Crippen LogP contribution is -2.34. The first-order valence-corrected chi connectivity index (χ1v) is 9.15. The Bertz CT molecular complexity index is 1030. The molecule has 0 fully saturated rings. The molecule has 3 aromatic rings. The van der Waals surface area contributed by atoms with Crippen molar-refractivity contribution in [1.29, 1.82) is 0 Å². The number of nitrogens with zero attached hydrogens (tertiary/aromatic N) is 3. The molecule has 0 bridgehead atoms. The van der Waals surface area contributed by atoms with E-state index in [4.69, 9.17) is 4.74 Å². The predicted molar refractivity (Wildman–Crippen MR) is 107 cm³/mol. The van der Waals surface area contributed by atoms with Crippen LogP contribution in [0.4, 0.5) is 14.9 Å². The van der Waals surface area contributed by atoms with Crippen LogP contribution in [0.15, 0.2) is 53.3 Å². The second-order valence-corrected chi connectivity index (χ2v) is 6.23. The molecule has 0 spiro atoms. The highest BCUT2D eigenvalue weighted by Gasteiger charge is 2.12. The lowest BCUT2D eigenvalue weighted by molar-refractivity contribution is 0.251. The van der Waals surface area contributed by atoms with Crippen molar-refractivity contribution in [1.82, 2.24) is 19.7 Å². The van der Waals surface area contributed by atoms with Crippen molar-refractivity contribution in [2.45, 2.75) is 13.5 Å². The van der Waals surface area contributed by atoms with Crippen LogP contribution in [0.2, 0.25) is 0 Å². The van der Waals surface area contributed by atoms with Crippen molar-refractivity contribution >= 4 is 11.7 Å². The predicted octanol–water partition coefficient (Wildman–Crippen LogP) is 2.61. The maximum atomic E-state index is 13.1. The van der Waals surface area contributed by atoms with Gasteiger partial charge in [0.1, 0.15) is 11.6 Å². The molecule has 2 N–H and O–H groups in total. The minimum atomic E-state index is -0.392. The normalized spacial score (nSPS) is 10.6. The third-order valence-electron chi connectivity index (χ3n) is 4.18. The number of amides is 2. The monoisotopic (exact) mass is 399 g/mol. The van der Waals surface area contributed by atoms with Gasteiger partial charge in [-0.1, -0.05) is 0 Å². The molecule has 0 aliphatic carbocycles. The lowest BCUT2D eigenvalue weighted by atomic mass is 10.2. The van der Waals surface area contributed by atoms with E-state index in [2.05, 4.69) is 15.7 Å². The third kappa shape index (κ3) is 5.01. The summed E-state index contributed by atoms with van der Waals surface area (Å²) in [5.41, 5.74) is 0.934. The second-order valence-electron chi connectivity index (χ2n) is 6.23. The Hall–Kier alpha value is -3.62. The van der Waals surface area contributed by atoms with Gasteiger partial charge < -0.3 is 15.4 Å². The van der Waals surface area contributed by atoms with Gasteiger partial charge >= 0.3 is 11.7 Å². The molecule has 3 rings (SSSR count). The summed E-state index contributed by atoms with van der Waals surface area (Å²) in [5.74, 6) is 0.791. The Morgan fingerprint density at radius 1 is 1.14 bits per heavy atom. The molecule has 0 saturated heterocycles. The van der Waals surface area contributed by atoms with Crippen LogP contribution < -0.4 is 21.1 Å². The molecule has 2 amide bonds. The summed E-state index contributed by atoms with van der Waals surface area (Å²) in [6, 6.07) is 12.4. The number of ether oxygens (including phenoxy) is 1. The molecule has 1 aromatic heterocycles. The SMILES string of the molecule is CCOc1ccc(NC(=O)NCCn2nc(-c3ccc(F)cc3)n(C)c2=O)cc1. The maximum absolute atomic E-state index is 13.1. The molecule has 8 nitrogen and oxygen atoms in total. The van der Waals surface area contributed by atoms with Crippen molar-refractivity contribution in [2.24, 2.45) is 7.05 Å². The van der Waals surface area contributed by atoms with E-state index >= 15 is 0 Å². The first kappa shape index (κ1) is 20.1. The van der Waals surface area contributed by atoms with Gasteiger partial charge in [0.25, 0.3) is 0 Å². The minimum absolute atomic E-state index is 0.199. The Labute approximate surface area is 166 Å². The number of rotatable bonds is 7. The quantitative estimate of drug-likeness (QED) is 0.639. The number of anilines is 1. The van der Waals surface area contributed by atoms with Crippen molar-refractivity contribution < 1.29 is 13.9 Å². The maximum Gasteiger partial charge on any atom is 0.345 e. The number of halogens is 1. The van der Waals surface area contributed by atoms with E-state index in [9.17, 15) is 14.0 Å². The van der Waals surface area contributed by atoms with Gasteiger partial charge in [0.15, 0.2) is 5.82 Å². The molecule has 29 heavy (non-hydrogen) atoms. The molecular formula is C20H22FN5O3. The molecule has 0 aliphatic heterocycles. The fourth-order valence-electron chi connectivity index (χ4n) is 2.74. The zero-order valence-corrected chi connectivity index (χ0v) is 16.2. The highest BCUT2D eigenvalue weighted by atomic mass is 19.1. The van der Waals surface area contributed by atoms with Crippen molar-refractivity contribution in [2.75, 3.05) is 18.5 Å². The van der Waals surface area contributed by atoms with E-state index in [-0.39, 0.29) is 24.6 Å². The van der Waals surface area contributed by atoms with Crippen LogP contribution in [0.25, 0.3) is 11.4 Å². The zero-order valence-electron chi connectivity index (χ0n) is 16.2. The van der Waals surface area contributed by atoms with E-state index in [0.29, 0.717) is 23.7 Å².